The van der Waals surface area contributed by atoms with E-state index in [0.717, 1.165) is 26.1 Å². The summed E-state index contributed by atoms with van der Waals surface area (Å²) in [7, 11) is 1.79. The smallest absolute Gasteiger partial charge is 0.322 e. The number of nitrogens with one attached hydrogen (secondary N) is 1. The molecule has 6 nitrogen and oxygen atoms in total. The highest BCUT2D eigenvalue weighted by molar-refractivity contribution is 7.99. The maximum absolute atomic E-state index is 5.34. The van der Waals surface area contributed by atoms with Gasteiger partial charge in [0, 0.05) is 25.5 Å². The van der Waals surface area contributed by atoms with Gasteiger partial charge in [0.05, 0.1) is 6.61 Å². The summed E-state index contributed by atoms with van der Waals surface area (Å²) < 4.78 is 10.7. The number of thioether (sulfide) groups is 1. The molecule has 0 saturated carbocycles. The molecule has 0 spiro atoms. The zero-order valence-corrected chi connectivity index (χ0v) is 11.5. The average Bonchev–Trinajstić information content (AvgIpc) is 2.40. The molecule has 0 aliphatic carbocycles. The van der Waals surface area contributed by atoms with Crippen molar-refractivity contribution in [2.45, 2.75) is 30.2 Å². The van der Waals surface area contributed by atoms with Crippen LogP contribution < -0.4 is 10.1 Å². The highest BCUT2D eigenvalue weighted by atomic mass is 32.2. The van der Waals surface area contributed by atoms with Gasteiger partial charge in [-0.3, -0.25) is 0 Å². The van der Waals surface area contributed by atoms with Gasteiger partial charge in [0.2, 0.25) is 5.95 Å². The van der Waals surface area contributed by atoms with E-state index >= 15 is 0 Å². The third-order valence-electron chi connectivity index (χ3n) is 2.53. The zero-order chi connectivity index (χ0) is 12.8. The molecule has 0 aromatic carbocycles. The van der Waals surface area contributed by atoms with Crippen LogP contribution in [0.1, 0.15) is 19.8 Å². The van der Waals surface area contributed by atoms with E-state index in [0.29, 0.717) is 29.0 Å². The molecule has 1 aromatic rings. The summed E-state index contributed by atoms with van der Waals surface area (Å²) in [5, 5.41) is 4.15. The predicted octanol–water partition coefficient (Wildman–Crippen LogP) is 1.58. The number of rotatable bonds is 5. The van der Waals surface area contributed by atoms with Crippen LogP contribution in [0.5, 0.6) is 6.01 Å². The zero-order valence-electron chi connectivity index (χ0n) is 10.7. The molecule has 0 radical (unpaired) electrons. The maximum atomic E-state index is 5.34. The standard InChI is InChI=1S/C11H18N4O2S/c1-3-17-10-13-9(12-2)14-11(15-10)18-8-4-6-16-7-5-8/h8H,3-7H2,1-2H3,(H,12,13,14,15). The van der Waals surface area contributed by atoms with E-state index < -0.39 is 0 Å². The topological polar surface area (TPSA) is 69.2 Å². The molecule has 1 aliphatic heterocycles. The van der Waals surface area contributed by atoms with Crippen LogP contribution in [0.2, 0.25) is 0 Å². The number of hydrogen-bond donors (Lipinski definition) is 1. The summed E-state index contributed by atoms with van der Waals surface area (Å²) in [5.41, 5.74) is 0. The van der Waals surface area contributed by atoms with Gasteiger partial charge in [0.15, 0.2) is 5.16 Å². The van der Waals surface area contributed by atoms with Gasteiger partial charge in [-0.15, -0.1) is 0 Å². The van der Waals surface area contributed by atoms with Crippen LogP contribution in [-0.2, 0) is 4.74 Å². The summed E-state index contributed by atoms with van der Waals surface area (Å²) in [6, 6.07) is 0.381. The molecule has 0 amide bonds. The number of hydrogen-bond acceptors (Lipinski definition) is 7. The first kappa shape index (κ1) is 13.4. The highest BCUT2D eigenvalue weighted by Gasteiger charge is 2.17. The quantitative estimate of drug-likeness (QED) is 0.871. The summed E-state index contributed by atoms with van der Waals surface area (Å²) in [4.78, 5) is 12.8. The van der Waals surface area contributed by atoms with Gasteiger partial charge >= 0.3 is 6.01 Å². The number of anilines is 1. The third kappa shape index (κ3) is 3.71. The Hall–Kier alpha value is -1.08. The number of ether oxygens (including phenoxy) is 2. The van der Waals surface area contributed by atoms with Crippen LogP contribution in [0.4, 0.5) is 5.95 Å². The molecule has 1 fully saturated rings. The van der Waals surface area contributed by atoms with E-state index in [1.807, 2.05) is 6.92 Å². The Labute approximate surface area is 111 Å². The SMILES string of the molecule is CCOc1nc(NC)nc(SC2CCOCC2)n1. The van der Waals surface area contributed by atoms with Gasteiger partial charge in [0.25, 0.3) is 0 Å². The van der Waals surface area contributed by atoms with Crippen molar-refractivity contribution in [2.75, 3.05) is 32.2 Å². The summed E-state index contributed by atoms with van der Waals surface area (Å²) >= 11 is 1.67. The Morgan fingerprint density at radius 3 is 2.78 bits per heavy atom. The van der Waals surface area contributed by atoms with Gasteiger partial charge in [-0.2, -0.15) is 15.0 Å². The first-order chi connectivity index (χ1) is 8.81. The van der Waals surface area contributed by atoms with Gasteiger partial charge in [-0.25, -0.2) is 0 Å². The van der Waals surface area contributed by atoms with Crippen LogP contribution in [0.25, 0.3) is 0 Å². The van der Waals surface area contributed by atoms with Gasteiger partial charge < -0.3 is 14.8 Å². The van der Waals surface area contributed by atoms with Crippen molar-refractivity contribution in [3.63, 3.8) is 0 Å². The van der Waals surface area contributed by atoms with E-state index in [2.05, 4.69) is 20.3 Å². The number of nitrogens with zero attached hydrogens (tertiary/aromatic N) is 3. The summed E-state index contributed by atoms with van der Waals surface area (Å²) in [5.74, 6) is 0.544. The van der Waals surface area contributed by atoms with Crippen molar-refractivity contribution in [1.29, 1.82) is 0 Å². The second kappa shape index (κ2) is 6.75. The van der Waals surface area contributed by atoms with Crippen LogP contribution in [-0.4, -0.2) is 47.1 Å². The molecule has 0 atom stereocenters. The Balaban J connectivity index is 2.07. The van der Waals surface area contributed by atoms with Crippen molar-refractivity contribution in [3.05, 3.63) is 0 Å². The normalized spacial score (nSPS) is 16.6. The fourth-order valence-corrected chi connectivity index (χ4v) is 2.64. The molecule has 7 heteroatoms. The monoisotopic (exact) mass is 270 g/mol. The first-order valence-corrected chi connectivity index (χ1v) is 7.00. The Morgan fingerprint density at radius 2 is 2.11 bits per heavy atom. The molecule has 0 bridgehead atoms. The van der Waals surface area contributed by atoms with E-state index in [-0.39, 0.29) is 0 Å². The minimum atomic E-state index is 0.381. The summed E-state index contributed by atoms with van der Waals surface area (Å²) in [6.45, 7) is 4.10. The second-order valence-corrected chi connectivity index (χ2v) is 5.10. The largest absolute Gasteiger partial charge is 0.464 e. The lowest BCUT2D eigenvalue weighted by Gasteiger charge is -2.20. The lowest BCUT2D eigenvalue weighted by atomic mass is 10.2. The van der Waals surface area contributed by atoms with Crippen LogP contribution in [0, 0.1) is 0 Å². The molecule has 1 aliphatic rings. The second-order valence-electron chi connectivity index (χ2n) is 3.84. The molecule has 0 unspecified atom stereocenters. The molecule has 2 rings (SSSR count). The van der Waals surface area contributed by atoms with E-state index in [1.54, 1.807) is 18.8 Å². The van der Waals surface area contributed by atoms with Crippen LogP contribution in [0.15, 0.2) is 5.16 Å². The highest BCUT2D eigenvalue weighted by Crippen LogP contribution is 2.28. The molecule has 1 saturated heterocycles. The molecule has 1 N–H and O–H groups in total. The van der Waals surface area contributed by atoms with Gasteiger partial charge in [-0.05, 0) is 19.8 Å². The van der Waals surface area contributed by atoms with E-state index in [1.165, 1.54) is 0 Å². The predicted molar refractivity (Wildman–Crippen MR) is 70.2 cm³/mol. The minimum Gasteiger partial charge on any atom is -0.464 e. The van der Waals surface area contributed by atoms with Crippen molar-refractivity contribution < 1.29 is 9.47 Å². The lowest BCUT2D eigenvalue weighted by Crippen LogP contribution is -2.18. The van der Waals surface area contributed by atoms with Crippen molar-refractivity contribution in [3.8, 4) is 6.01 Å². The molecular formula is C11H18N4O2S. The Morgan fingerprint density at radius 1 is 1.33 bits per heavy atom. The first-order valence-electron chi connectivity index (χ1n) is 6.13. The molecule has 18 heavy (non-hydrogen) atoms. The molecule has 2 heterocycles. The number of aromatic nitrogens is 3. The Bertz CT molecular complexity index is 385. The Kier molecular flexibility index (Phi) is 5.00. The lowest BCUT2D eigenvalue weighted by molar-refractivity contribution is 0.1000. The minimum absolute atomic E-state index is 0.381. The summed E-state index contributed by atoms with van der Waals surface area (Å²) in [6.07, 6.45) is 2.07. The van der Waals surface area contributed by atoms with E-state index in [4.69, 9.17) is 9.47 Å². The van der Waals surface area contributed by atoms with Crippen LogP contribution >= 0.6 is 11.8 Å². The van der Waals surface area contributed by atoms with Crippen molar-refractivity contribution in [1.82, 2.24) is 15.0 Å². The van der Waals surface area contributed by atoms with Crippen molar-refractivity contribution >= 4 is 17.7 Å². The average molecular weight is 270 g/mol. The van der Waals surface area contributed by atoms with Gasteiger partial charge in [0.1, 0.15) is 0 Å². The van der Waals surface area contributed by atoms with Gasteiger partial charge in [-0.1, -0.05) is 11.8 Å². The molecule has 1 aromatic heterocycles. The maximum Gasteiger partial charge on any atom is 0.322 e. The third-order valence-corrected chi connectivity index (χ3v) is 3.73. The fraction of sp³-hybridized carbons (Fsp3) is 0.727. The molecule has 100 valence electrons. The van der Waals surface area contributed by atoms with E-state index in [9.17, 15) is 0 Å². The fourth-order valence-electron chi connectivity index (χ4n) is 1.64. The van der Waals surface area contributed by atoms with Crippen LogP contribution in [0.3, 0.4) is 0 Å². The molecular weight excluding hydrogens is 252 g/mol. The van der Waals surface area contributed by atoms with Crippen molar-refractivity contribution in [2.24, 2.45) is 0 Å².